The van der Waals surface area contributed by atoms with Crippen LogP contribution in [-0.2, 0) is 24.3 Å². The van der Waals surface area contributed by atoms with E-state index >= 15 is 0 Å². The lowest BCUT2D eigenvalue weighted by molar-refractivity contribution is -0.0503. The average Bonchev–Trinajstić information content (AvgIpc) is 2.96. The molecule has 2 aromatic rings. The Bertz CT molecular complexity index is 797. The first-order valence-electron chi connectivity index (χ1n) is 7.93. The van der Waals surface area contributed by atoms with Gasteiger partial charge in [0.25, 0.3) is 5.91 Å². The van der Waals surface area contributed by atoms with Crippen LogP contribution >= 0.6 is 0 Å². The van der Waals surface area contributed by atoms with Gasteiger partial charge in [-0.2, -0.15) is 13.9 Å². The summed E-state index contributed by atoms with van der Waals surface area (Å²) in [5.41, 5.74) is -0.544. The van der Waals surface area contributed by atoms with E-state index in [-0.39, 0.29) is 12.6 Å². The van der Waals surface area contributed by atoms with Crippen LogP contribution in [0.4, 0.5) is 13.2 Å². The van der Waals surface area contributed by atoms with Crippen molar-refractivity contribution < 1.29 is 27.4 Å². The number of amides is 1. The SMILES string of the molecule is COCc1nc2n(n1)CC(NC(=O)c1c(F)cccc1OC(F)F)CC2. The number of methoxy groups -OCH3 is 1. The maximum absolute atomic E-state index is 14.0. The van der Waals surface area contributed by atoms with Gasteiger partial charge in [0.2, 0.25) is 0 Å². The summed E-state index contributed by atoms with van der Waals surface area (Å²) in [5.74, 6) is -0.937. The summed E-state index contributed by atoms with van der Waals surface area (Å²) in [5, 5.41) is 6.92. The molecule has 1 aliphatic heterocycles. The zero-order valence-electron chi connectivity index (χ0n) is 13.9. The fraction of sp³-hybridized carbons (Fsp3) is 0.438. The largest absolute Gasteiger partial charge is 0.434 e. The van der Waals surface area contributed by atoms with E-state index in [1.54, 1.807) is 4.68 Å². The second kappa shape index (κ2) is 7.73. The number of nitrogens with one attached hydrogen (secondary N) is 1. The molecule has 1 unspecified atom stereocenters. The van der Waals surface area contributed by atoms with Crippen LogP contribution in [0.3, 0.4) is 0 Å². The topological polar surface area (TPSA) is 78.3 Å². The van der Waals surface area contributed by atoms with E-state index in [4.69, 9.17) is 4.74 Å². The van der Waals surface area contributed by atoms with Gasteiger partial charge in [0.15, 0.2) is 5.82 Å². The van der Waals surface area contributed by atoms with Crippen LogP contribution in [0.5, 0.6) is 5.75 Å². The zero-order valence-corrected chi connectivity index (χ0v) is 13.9. The van der Waals surface area contributed by atoms with Crippen molar-refractivity contribution in [1.82, 2.24) is 20.1 Å². The Kier molecular flexibility index (Phi) is 5.40. The lowest BCUT2D eigenvalue weighted by Crippen LogP contribution is -2.41. The quantitative estimate of drug-likeness (QED) is 0.841. The van der Waals surface area contributed by atoms with Gasteiger partial charge in [-0.05, 0) is 18.6 Å². The first-order valence-corrected chi connectivity index (χ1v) is 7.93. The Labute approximate surface area is 147 Å². The molecule has 1 aromatic carbocycles. The molecule has 1 aromatic heterocycles. The molecule has 10 heteroatoms. The fourth-order valence-corrected chi connectivity index (χ4v) is 2.85. The van der Waals surface area contributed by atoms with Crippen molar-refractivity contribution in [3.8, 4) is 5.75 Å². The van der Waals surface area contributed by atoms with E-state index in [0.29, 0.717) is 25.2 Å². The summed E-state index contributed by atoms with van der Waals surface area (Å²) in [6.07, 6.45) is 1.13. The number of fused-ring (bicyclic) bond motifs is 1. The summed E-state index contributed by atoms with van der Waals surface area (Å²) in [7, 11) is 1.54. The number of rotatable bonds is 6. The van der Waals surface area contributed by atoms with E-state index in [2.05, 4.69) is 20.1 Å². The molecular formula is C16H17F3N4O3. The van der Waals surface area contributed by atoms with Gasteiger partial charge in [-0.15, -0.1) is 0 Å². The van der Waals surface area contributed by atoms with Crippen LogP contribution in [-0.4, -0.2) is 40.4 Å². The maximum Gasteiger partial charge on any atom is 0.387 e. The second-order valence-electron chi connectivity index (χ2n) is 5.76. The number of hydrogen-bond donors (Lipinski definition) is 1. The van der Waals surface area contributed by atoms with Crippen molar-refractivity contribution in [1.29, 1.82) is 0 Å². The number of benzene rings is 1. The van der Waals surface area contributed by atoms with Gasteiger partial charge in [-0.3, -0.25) is 4.79 Å². The molecule has 0 saturated heterocycles. The van der Waals surface area contributed by atoms with Crippen molar-refractivity contribution in [3.63, 3.8) is 0 Å². The molecule has 0 bridgehead atoms. The van der Waals surface area contributed by atoms with Gasteiger partial charge in [0.05, 0.1) is 6.54 Å². The fourth-order valence-electron chi connectivity index (χ4n) is 2.85. The van der Waals surface area contributed by atoms with Crippen molar-refractivity contribution in [2.45, 2.75) is 38.6 Å². The lowest BCUT2D eigenvalue weighted by Gasteiger charge is -2.24. The molecule has 0 spiro atoms. The van der Waals surface area contributed by atoms with E-state index in [0.717, 1.165) is 18.0 Å². The van der Waals surface area contributed by atoms with E-state index in [9.17, 15) is 18.0 Å². The Morgan fingerprint density at radius 3 is 3.00 bits per heavy atom. The molecule has 0 fully saturated rings. The highest BCUT2D eigenvalue weighted by atomic mass is 19.3. The molecule has 0 saturated carbocycles. The minimum absolute atomic E-state index is 0.278. The van der Waals surface area contributed by atoms with Crippen LogP contribution in [0.1, 0.15) is 28.4 Å². The van der Waals surface area contributed by atoms with Crippen molar-refractivity contribution in [2.24, 2.45) is 0 Å². The molecule has 1 N–H and O–H groups in total. The Morgan fingerprint density at radius 1 is 1.46 bits per heavy atom. The Morgan fingerprint density at radius 2 is 2.27 bits per heavy atom. The standard InChI is InChI=1S/C16H17F3N4O3/c1-25-8-12-21-13-6-5-9(7-23(13)22-12)20-15(24)14-10(17)3-2-4-11(14)26-16(18)19/h2-4,9,16H,5-8H2,1H3,(H,20,24). The zero-order chi connectivity index (χ0) is 18.7. The van der Waals surface area contributed by atoms with Crippen LogP contribution < -0.4 is 10.1 Å². The van der Waals surface area contributed by atoms with Crippen molar-refractivity contribution >= 4 is 5.91 Å². The van der Waals surface area contributed by atoms with Gasteiger partial charge in [0.1, 0.15) is 29.6 Å². The number of carbonyl (C=O) groups is 1. The highest BCUT2D eigenvalue weighted by Crippen LogP contribution is 2.24. The number of alkyl halides is 2. The van der Waals surface area contributed by atoms with Crippen LogP contribution in [0.25, 0.3) is 0 Å². The molecule has 0 radical (unpaired) electrons. The summed E-state index contributed by atoms with van der Waals surface area (Å²) < 4.78 is 49.9. The summed E-state index contributed by atoms with van der Waals surface area (Å²) in [6.45, 7) is -2.53. The third kappa shape index (κ3) is 3.96. The molecule has 7 nitrogen and oxygen atoms in total. The Hall–Kier alpha value is -2.62. The van der Waals surface area contributed by atoms with Gasteiger partial charge in [0, 0.05) is 19.6 Å². The molecule has 1 amide bonds. The van der Waals surface area contributed by atoms with Crippen molar-refractivity contribution in [3.05, 3.63) is 41.2 Å². The average molecular weight is 370 g/mol. The minimum atomic E-state index is -3.16. The molecule has 140 valence electrons. The number of ether oxygens (including phenoxy) is 2. The maximum atomic E-state index is 14.0. The molecule has 1 aliphatic rings. The lowest BCUT2D eigenvalue weighted by atomic mass is 10.1. The Balaban J connectivity index is 1.73. The smallest absolute Gasteiger partial charge is 0.387 e. The number of halogens is 3. The number of hydrogen-bond acceptors (Lipinski definition) is 5. The minimum Gasteiger partial charge on any atom is -0.434 e. The van der Waals surface area contributed by atoms with Gasteiger partial charge >= 0.3 is 6.61 Å². The van der Waals surface area contributed by atoms with Crippen molar-refractivity contribution in [2.75, 3.05) is 7.11 Å². The highest BCUT2D eigenvalue weighted by Gasteiger charge is 2.26. The summed E-state index contributed by atoms with van der Waals surface area (Å²) >= 11 is 0. The van der Waals surface area contributed by atoms with Crippen LogP contribution in [0.15, 0.2) is 18.2 Å². The van der Waals surface area contributed by atoms with Crippen LogP contribution in [0, 0.1) is 5.82 Å². The molecule has 2 heterocycles. The van der Waals surface area contributed by atoms with Crippen LogP contribution in [0.2, 0.25) is 0 Å². The molecule has 1 atom stereocenters. The molecule has 0 aliphatic carbocycles. The van der Waals surface area contributed by atoms with E-state index in [1.165, 1.54) is 13.2 Å². The monoisotopic (exact) mass is 370 g/mol. The predicted molar refractivity (Wildman–Crippen MR) is 83.3 cm³/mol. The number of aryl methyl sites for hydroxylation is 1. The summed E-state index contributed by atoms with van der Waals surface area (Å²) in [4.78, 5) is 16.7. The summed E-state index contributed by atoms with van der Waals surface area (Å²) in [6, 6.07) is 2.99. The highest BCUT2D eigenvalue weighted by molar-refractivity contribution is 5.97. The van der Waals surface area contributed by atoms with E-state index < -0.39 is 29.6 Å². The second-order valence-corrected chi connectivity index (χ2v) is 5.76. The van der Waals surface area contributed by atoms with Gasteiger partial charge < -0.3 is 14.8 Å². The first kappa shape index (κ1) is 18.2. The van der Waals surface area contributed by atoms with Gasteiger partial charge in [-0.1, -0.05) is 6.07 Å². The normalized spacial score (nSPS) is 16.4. The number of aromatic nitrogens is 3. The number of nitrogens with zero attached hydrogens (tertiary/aromatic N) is 3. The third-order valence-electron chi connectivity index (χ3n) is 3.93. The van der Waals surface area contributed by atoms with Gasteiger partial charge in [-0.25, -0.2) is 14.1 Å². The number of carbonyl (C=O) groups excluding carboxylic acids is 1. The third-order valence-corrected chi connectivity index (χ3v) is 3.93. The van der Waals surface area contributed by atoms with E-state index in [1.807, 2.05) is 0 Å². The predicted octanol–water partition coefficient (Wildman–Crippen LogP) is 1.91. The molecular weight excluding hydrogens is 353 g/mol. The molecule has 3 rings (SSSR count). The first-order chi connectivity index (χ1) is 12.5. The molecule has 26 heavy (non-hydrogen) atoms.